The highest BCUT2D eigenvalue weighted by Gasteiger charge is 2.37. The van der Waals surface area contributed by atoms with Crippen molar-refractivity contribution in [2.75, 3.05) is 36.7 Å². The van der Waals surface area contributed by atoms with Gasteiger partial charge in [0.25, 0.3) is 0 Å². The molecule has 0 saturated carbocycles. The zero-order chi connectivity index (χ0) is 28.2. The topological polar surface area (TPSA) is 50.7 Å². The normalized spacial score (nSPS) is 24.0. The lowest BCUT2D eigenvalue weighted by Crippen LogP contribution is -2.50. The molecular formula is C34H44N4O2. The summed E-state index contributed by atoms with van der Waals surface area (Å²) in [7, 11) is 1.84. The highest BCUT2D eigenvalue weighted by Crippen LogP contribution is 2.40. The number of benzene rings is 2. The van der Waals surface area contributed by atoms with Gasteiger partial charge in [-0.15, -0.1) is 0 Å². The highest BCUT2D eigenvalue weighted by molar-refractivity contribution is 5.69. The first-order valence-electron chi connectivity index (χ1n) is 14.9. The van der Waals surface area contributed by atoms with Crippen molar-refractivity contribution in [2.24, 2.45) is 0 Å². The number of anilines is 2. The molecule has 0 N–H and O–H groups in total. The molecule has 40 heavy (non-hydrogen) atoms. The van der Waals surface area contributed by atoms with Crippen LogP contribution in [-0.4, -0.2) is 55.0 Å². The Morgan fingerprint density at radius 2 is 1.65 bits per heavy atom. The Balaban J connectivity index is 1.45. The largest absolute Gasteiger partial charge is 0.381 e. The Kier molecular flexibility index (Phi) is 7.12. The van der Waals surface area contributed by atoms with Gasteiger partial charge in [-0.3, -0.25) is 0 Å². The molecule has 6 rings (SSSR count). The Bertz CT molecular complexity index is 1380. The molecule has 3 aromatic rings. The highest BCUT2D eigenvalue weighted by atomic mass is 16.5. The van der Waals surface area contributed by atoms with Crippen LogP contribution in [-0.2, 0) is 27.9 Å². The van der Waals surface area contributed by atoms with Gasteiger partial charge in [0, 0.05) is 60.9 Å². The summed E-state index contributed by atoms with van der Waals surface area (Å²) >= 11 is 0. The average molecular weight is 541 g/mol. The first kappa shape index (κ1) is 27.2. The Morgan fingerprint density at radius 1 is 0.950 bits per heavy atom. The van der Waals surface area contributed by atoms with Crippen LogP contribution in [0.3, 0.4) is 0 Å². The van der Waals surface area contributed by atoms with Gasteiger partial charge in [-0.1, -0.05) is 37.3 Å². The minimum atomic E-state index is 0.112. The van der Waals surface area contributed by atoms with Crippen molar-refractivity contribution in [1.82, 2.24) is 9.97 Å². The molecule has 0 aliphatic carbocycles. The maximum absolute atomic E-state index is 5.82. The first-order chi connectivity index (χ1) is 19.2. The van der Waals surface area contributed by atoms with Gasteiger partial charge in [0.1, 0.15) is 5.82 Å². The monoisotopic (exact) mass is 540 g/mol. The summed E-state index contributed by atoms with van der Waals surface area (Å²) in [5, 5.41) is 0. The van der Waals surface area contributed by atoms with Gasteiger partial charge >= 0.3 is 0 Å². The first-order valence-corrected chi connectivity index (χ1v) is 14.9. The van der Waals surface area contributed by atoms with Crippen molar-refractivity contribution in [3.63, 3.8) is 0 Å². The number of hydrogen-bond acceptors (Lipinski definition) is 6. The van der Waals surface area contributed by atoms with Gasteiger partial charge < -0.3 is 19.3 Å². The fraction of sp³-hybridized carbons (Fsp3) is 0.529. The number of rotatable bonds is 5. The van der Waals surface area contributed by atoms with Gasteiger partial charge in [-0.25, -0.2) is 9.97 Å². The van der Waals surface area contributed by atoms with Gasteiger partial charge in [0.05, 0.1) is 25.0 Å². The second kappa shape index (κ2) is 10.5. The van der Waals surface area contributed by atoms with Crippen molar-refractivity contribution in [3.8, 4) is 11.4 Å². The fourth-order valence-corrected chi connectivity index (χ4v) is 7.12. The lowest BCUT2D eigenvalue weighted by atomic mass is 9.80. The molecule has 2 fully saturated rings. The summed E-state index contributed by atoms with van der Waals surface area (Å²) in [5.74, 6) is 1.97. The molecule has 212 valence electrons. The molecule has 6 heteroatoms. The van der Waals surface area contributed by atoms with E-state index in [1.165, 1.54) is 44.8 Å². The number of methoxy groups -OCH3 is 1. The molecule has 2 saturated heterocycles. The van der Waals surface area contributed by atoms with Gasteiger partial charge in [-0.05, 0) is 75.8 Å². The third kappa shape index (κ3) is 4.69. The SMILES string of the molecule is COC1C[C@@H](C)N(c2nc(-c3c(C)cccc3C)nc3c2CN(c2cc(C4(C)COC4)ccc2C)CC3)[C@@H](C)C1. The van der Waals surface area contributed by atoms with E-state index in [9.17, 15) is 0 Å². The molecule has 3 aliphatic rings. The van der Waals surface area contributed by atoms with E-state index in [4.69, 9.17) is 19.4 Å². The minimum absolute atomic E-state index is 0.112. The van der Waals surface area contributed by atoms with E-state index >= 15 is 0 Å². The number of piperidine rings is 1. The number of fused-ring (bicyclic) bond motifs is 1. The van der Waals surface area contributed by atoms with E-state index in [1.807, 2.05) is 7.11 Å². The standard InChI is InChI=1S/C34H44N4O2/c1-21-11-12-26(34(6)19-40-20-34)17-30(21)37-14-13-29-28(18-37)33(38-24(4)15-27(39-7)16-25(38)5)36-32(35-29)31-22(2)9-8-10-23(31)3/h8-12,17,24-25,27H,13-16,18-20H2,1-7H3/t24-,25+,27?. The van der Waals surface area contributed by atoms with E-state index in [2.05, 4.69) is 87.7 Å². The maximum Gasteiger partial charge on any atom is 0.162 e. The summed E-state index contributed by atoms with van der Waals surface area (Å²) in [4.78, 5) is 15.8. The van der Waals surface area contributed by atoms with Crippen LogP contribution in [0.15, 0.2) is 36.4 Å². The zero-order valence-electron chi connectivity index (χ0n) is 25.3. The smallest absolute Gasteiger partial charge is 0.162 e. The van der Waals surface area contributed by atoms with Gasteiger partial charge in [-0.2, -0.15) is 0 Å². The lowest BCUT2D eigenvalue weighted by Gasteiger charge is -2.45. The summed E-state index contributed by atoms with van der Waals surface area (Å²) in [6.07, 6.45) is 3.20. The maximum atomic E-state index is 5.82. The second-order valence-electron chi connectivity index (χ2n) is 12.7. The second-order valence-corrected chi connectivity index (χ2v) is 12.7. The number of nitrogens with zero attached hydrogens (tertiary/aromatic N) is 4. The quantitative estimate of drug-likeness (QED) is 0.378. The van der Waals surface area contributed by atoms with Gasteiger partial charge in [0.2, 0.25) is 0 Å². The predicted octanol–water partition coefficient (Wildman–Crippen LogP) is 6.31. The van der Waals surface area contributed by atoms with E-state index in [0.717, 1.165) is 57.2 Å². The third-order valence-electron chi connectivity index (χ3n) is 9.57. The molecule has 6 nitrogen and oxygen atoms in total. The fourth-order valence-electron chi connectivity index (χ4n) is 7.12. The summed E-state index contributed by atoms with van der Waals surface area (Å²) in [5.41, 5.74) is 10.2. The Labute approximate surface area is 239 Å². The number of aryl methyl sites for hydroxylation is 3. The van der Waals surface area contributed by atoms with Crippen molar-refractivity contribution in [3.05, 3.63) is 69.9 Å². The Hall–Kier alpha value is -2.96. The summed E-state index contributed by atoms with van der Waals surface area (Å²) in [6.45, 7) is 16.9. The molecule has 4 heterocycles. The van der Waals surface area contributed by atoms with E-state index in [-0.39, 0.29) is 11.5 Å². The van der Waals surface area contributed by atoms with E-state index in [0.29, 0.717) is 12.1 Å². The molecule has 1 unspecified atom stereocenters. The van der Waals surface area contributed by atoms with Crippen molar-refractivity contribution in [2.45, 2.75) is 91.0 Å². The molecule has 0 spiro atoms. The number of hydrogen-bond donors (Lipinski definition) is 0. The molecule has 0 bridgehead atoms. The van der Waals surface area contributed by atoms with Crippen LogP contribution < -0.4 is 9.80 Å². The number of ether oxygens (including phenoxy) is 2. The van der Waals surface area contributed by atoms with Crippen LogP contribution in [0.5, 0.6) is 0 Å². The zero-order valence-corrected chi connectivity index (χ0v) is 25.3. The number of aromatic nitrogens is 2. The molecule has 3 atom stereocenters. The van der Waals surface area contributed by atoms with Crippen LogP contribution in [0.2, 0.25) is 0 Å². The van der Waals surface area contributed by atoms with Crippen LogP contribution in [0.4, 0.5) is 11.5 Å². The molecule has 3 aliphatic heterocycles. The Morgan fingerprint density at radius 3 is 2.27 bits per heavy atom. The van der Waals surface area contributed by atoms with Gasteiger partial charge in [0.15, 0.2) is 5.82 Å². The van der Waals surface area contributed by atoms with Crippen molar-refractivity contribution in [1.29, 1.82) is 0 Å². The summed E-state index contributed by atoms with van der Waals surface area (Å²) in [6, 6.07) is 14.1. The average Bonchev–Trinajstić information content (AvgIpc) is 2.91. The molecular weight excluding hydrogens is 496 g/mol. The van der Waals surface area contributed by atoms with Crippen LogP contribution in [0.25, 0.3) is 11.4 Å². The van der Waals surface area contributed by atoms with E-state index < -0.39 is 0 Å². The van der Waals surface area contributed by atoms with Crippen molar-refractivity contribution < 1.29 is 9.47 Å². The predicted molar refractivity (Wildman–Crippen MR) is 162 cm³/mol. The van der Waals surface area contributed by atoms with Crippen LogP contribution >= 0.6 is 0 Å². The minimum Gasteiger partial charge on any atom is -0.381 e. The van der Waals surface area contributed by atoms with Crippen molar-refractivity contribution >= 4 is 11.5 Å². The van der Waals surface area contributed by atoms with E-state index in [1.54, 1.807) is 0 Å². The molecule has 0 amide bonds. The van der Waals surface area contributed by atoms with Crippen LogP contribution in [0.1, 0.15) is 67.1 Å². The molecule has 2 aromatic carbocycles. The molecule has 0 radical (unpaired) electrons. The molecule has 1 aromatic heterocycles. The lowest BCUT2D eigenvalue weighted by molar-refractivity contribution is -0.0499. The third-order valence-corrected chi connectivity index (χ3v) is 9.57. The summed E-state index contributed by atoms with van der Waals surface area (Å²) < 4.78 is 11.4. The van der Waals surface area contributed by atoms with Crippen LogP contribution in [0, 0.1) is 20.8 Å².